The second-order valence-corrected chi connectivity index (χ2v) is 5.24. The molecule has 0 saturated heterocycles. The van der Waals surface area contributed by atoms with Gasteiger partial charge in [-0.05, 0) is 0 Å². The molecule has 7 heteroatoms. The van der Waals surface area contributed by atoms with Gasteiger partial charge in [-0.15, -0.1) is 0 Å². The zero-order chi connectivity index (χ0) is 13.2. The summed E-state index contributed by atoms with van der Waals surface area (Å²) >= 11 is 5.98. The summed E-state index contributed by atoms with van der Waals surface area (Å²) in [4.78, 5) is 12.5. The molecule has 6 nitrogen and oxygen atoms in total. The molecule has 1 N–H and O–H groups in total. The van der Waals surface area contributed by atoms with E-state index in [9.17, 15) is 0 Å². The van der Waals surface area contributed by atoms with Crippen LogP contribution in [0.15, 0.2) is 17.0 Å². The van der Waals surface area contributed by atoms with Gasteiger partial charge < -0.3 is 9.84 Å². The maximum atomic E-state index is 5.98. The standard InChI is InChI=1S/C11H14ClN5O/c1-11(2,3)10-15-7(12)4-8(16-10)13-5-9-14-6-18-17-9/h4,6H,5H2,1-3H3,(H,13,15,16). The first-order chi connectivity index (χ1) is 8.45. The zero-order valence-electron chi connectivity index (χ0n) is 10.4. The van der Waals surface area contributed by atoms with Crippen LogP contribution in [0.2, 0.25) is 5.15 Å². The van der Waals surface area contributed by atoms with Crippen LogP contribution in [-0.4, -0.2) is 20.1 Å². The molecule has 0 unspecified atom stereocenters. The van der Waals surface area contributed by atoms with E-state index in [2.05, 4.69) is 29.9 Å². The maximum Gasteiger partial charge on any atom is 0.213 e. The van der Waals surface area contributed by atoms with Crippen LogP contribution in [-0.2, 0) is 12.0 Å². The third-order valence-corrected chi connectivity index (χ3v) is 2.39. The topological polar surface area (TPSA) is 76.7 Å². The highest BCUT2D eigenvalue weighted by Gasteiger charge is 2.18. The Bertz CT molecular complexity index is 521. The van der Waals surface area contributed by atoms with Crippen molar-refractivity contribution in [1.82, 2.24) is 20.1 Å². The van der Waals surface area contributed by atoms with Crippen molar-refractivity contribution >= 4 is 17.4 Å². The molecule has 0 aromatic carbocycles. The number of hydrogen-bond acceptors (Lipinski definition) is 6. The molecule has 0 amide bonds. The normalized spacial score (nSPS) is 11.6. The first-order valence-corrected chi connectivity index (χ1v) is 5.87. The molecule has 0 spiro atoms. The van der Waals surface area contributed by atoms with Gasteiger partial charge in [-0.1, -0.05) is 37.5 Å². The monoisotopic (exact) mass is 267 g/mol. The summed E-state index contributed by atoms with van der Waals surface area (Å²) in [6.07, 6.45) is 1.28. The summed E-state index contributed by atoms with van der Waals surface area (Å²) in [5.74, 6) is 1.89. The van der Waals surface area contributed by atoms with Crippen molar-refractivity contribution in [2.45, 2.75) is 32.7 Å². The van der Waals surface area contributed by atoms with Crippen LogP contribution in [0, 0.1) is 0 Å². The summed E-state index contributed by atoms with van der Waals surface area (Å²) in [5.41, 5.74) is -0.159. The first-order valence-electron chi connectivity index (χ1n) is 5.49. The van der Waals surface area contributed by atoms with Gasteiger partial charge in [0.2, 0.25) is 6.39 Å². The maximum absolute atomic E-state index is 5.98. The van der Waals surface area contributed by atoms with Crippen molar-refractivity contribution in [3.8, 4) is 0 Å². The van der Waals surface area contributed by atoms with Gasteiger partial charge in [0.15, 0.2) is 5.82 Å². The van der Waals surface area contributed by atoms with Crippen LogP contribution in [0.5, 0.6) is 0 Å². The molecule has 18 heavy (non-hydrogen) atoms. The van der Waals surface area contributed by atoms with E-state index in [0.29, 0.717) is 29.2 Å². The average molecular weight is 268 g/mol. The molecule has 0 fully saturated rings. The lowest BCUT2D eigenvalue weighted by Gasteiger charge is -2.17. The van der Waals surface area contributed by atoms with E-state index >= 15 is 0 Å². The van der Waals surface area contributed by atoms with Crippen molar-refractivity contribution in [2.75, 3.05) is 5.32 Å². The molecule has 2 heterocycles. The van der Waals surface area contributed by atoms with E-state index in [1.54, 1.807) is 6.07 Å². The van der Waals surface area contributed by atoms with Crippen molar-refractivity contribution < 1.29 is 4.52 Å². The molecular formula is C11H14ClN5O. The van der Waals surface area contributed by atoms with Crippen molar-refractivity contribution in [1.29, 1.82) is 0 Å². The summed E-state index contributed by atoms with van der Waals surface area (Å²) in [6.45, 7) is 6.51. The Kier molecular flexibility index (Phi) is 3.47. The Hall–Kier alpha value is -1.69. The molecule has 0 aliphatic heterocycles. The summed E-state index contributed by atoms with van der Waals surface area (Å²) < 4.78 is 4.64. The third kappa shape index (κ3) is 3.16. The SMILES string of the molecule is CC(C)(C)c1nc(Cl)cc(NCc2ncon2)n1. The van der Waals surface area contributed by atoms with Gasteiger partial charge in [0.05, 0.1) is 6.54 Å². The highest BCUT2D eigenvalue weighted by atomic mass is 35.5. The van der Waals surface area contributed by atoms with Gasteiger partial charge in [0, 0.05) is 11.5 Å². The molecule has 2 aromatic rings. The summed E-state index contributed by atoms with van der Waals surface area (Å²) in [6, 6.07) is 1.66. The number of aromatic nitrogens is 4. The number of halogens is 1. The summed E-state index contributed by atoms with van der Waals surface area (Å²) in [7, 11) is 0. The van der Waals surface area contributed by atoms with E-state index in [-0.39, 0.29) is 5.41 Å². The minimum Gasteiger partial charge on any atom is -0.362 e. The fourth-order valence-corrected chi connectivity index (χ4v) is 1.47. The van der Waals surface area contributed by atoms with Crippen LogP contribution in [0.25, 0.3) is 0 Å². The number of nitrogens with zero attached hydrogens (tertiary/aromatic N) is 4. The lowest BCUT2D eigenvalue weighted by Crippen LogP contribution is -2.17. The van der Waals surface area contributed by atoms with E-state index in [0.717, 1.165) is 0 Å². The predicted octanol–water partition coefficient (Wildman–Crippen LogP) is 2.42. The minimum atomic E-state index is -0.159. The molecule has 0 aliphatic rings. The summed E-state index contributed by atoms with van der Waals surface area (Å²) in [5, 5.41) is 7.19. The quantitative estimate of drug-likeness (QED) is 0.861. The van der Waals surface area contributed by atoms with Crippen LogP contribution in [0.3, 0.4) is 0 Å². The Morgan fingerprint density at radius 2 is 2.11 bits per heavy atom. The molecule has 0 aliphatic carbocycles. The predicted molar refractivity (Wildman–Crippen MR) is 67.4 cm³/mol. The van der Waals surface area contributed by atoms with Gasteiger partial charge >= 0.3 is 0 Å². The number of hydrogen-bond donors (Lipinski definition) is 1. The molecule has 0 atom stereocenters. The highest BCUT2D eigenvalue weighted by molar-refractivity contribution is 6.29. The lowest BCUT2D eigenvalue weighted by molar-refractivity contribution is 0.411. The number of nitrogens with one attached hydrogen (secondary N) is 1. The molecule has 96 valence electrons. The Morgan fingerprint density at radius 3 is 2.72 bits per heavy atom. The van der Waals surface area contributed by atoms with Crippen molar-refractivity contribution in [2.24, 2.45) is 0 Å². The fraction of sp³-hybridized carbons (Fsp3) is 0.455. The molecule has 0 bridgehead atoms. The van der Waals surface area contributed by atoms with Gasteiger partial charge in [-0.25, -0.2) is 9.97 Å². The molecular weight excluding hydrogens is 254 g/mol. The zero-order valence-corrected chi connectivity index (χ0v) is 11.2. The van der Waals surface area contributed by atoms with Gasteiger partial charge in [0.1, 0.15) is 16.8 Å². The highest BCUT2D eigenvalue weighted by Crippen LogP contribution is 2.22. The van der Waals surface area contributed by atoms with E-state index in [1.165, 1.54) is 6.39 Å². The molecule has 2 aromatic heterocycles. The Morgan fingerprint density at radius 1 is 1.33 bits per heavy atom. The fourth-order valence-electron chi connectivity index (χ4n) is 1.28. The van der Waals surface area contributed by atoms with Gasteiger partial charge in [-0.2, -0.15) is 4.98 Å². The number of rotatable bonds is 3. The van der Waals surface area contributed by atoms with Crippen LogP contribution < -0.4 is 5.32 Å². The molecule has 0 radical (unpaired) electrons. The van der Waals surface area contributed by atoms with E-state index in [1.807, 2.05) is 20.8 Å². The van der Waals surface area contributed by atoms with Gasteiger partial charge in [0.25, 0.3) is 0 Å². The third-order valence-electron chi connectivity index (χ3n) is 2.20. The number of anilines is 1. The van der Waals surface area contributed by atoms with Crippen molar-refractivity contribution in [3.05, 3.63) is 29.3 Å². The van der Waals surface area contributed by atoms with E-state index in [4.69, 9.17) is 11.6 Å². The minimum absolute atomic E-state index is 0.159. The van der Waals surface area contributed by atoms with Crippen LogP contribution >= 0.6 is 11.6 Å². The molecule has 0 saturated carbocycles. The smallest absolute Gasteiger partial charge is 0.213 e. The Labute approximate surface area is 110 Å². The average Bonchev–Trinajstić information content (AvgIpc) is 2.77. The largest absolute Gasteiger partial charge is 0.362 e. The van der Waals surface area contributed by atoms with Crippen LogP contribution in [0.1, 0.15) is 32.4 Å². The lowest BCUT2D eigenvalue weighted by atomic mass is 9.96. The second-order valence-electron chi connectivity index (χ2n) is 4.85. The van der Waals surface area contributed by atoms with Gasteiger partial charge in [-0.3, -0.25) is 0 Å². The van der Waals surface area contributed by atoms with Crippen molar-refractivity contribution in [3.63, 3.8) is 0 Å². The second kappa shape index (κ2) is 4.89. The van der Waals surface area contributed by atoms with Crippen LogP contribution in [0.4, 0.5) is 5.82 Å². The molecule has 2 rings (SSSR count). The van der Waals surface area contributed by atoms with E-state index < -0.39 is 0 Å². The first kappa shape index (κ1) is 12.8. The Balaban J connectivity index is 2.15.